The second kappa shape index (κ2) is 2.76. The maximum Gasteiger partial charge on any atom is 0.0573 e. The standard InChI is InChI=1S/C16H24O/c1-8(17)16-7-10-3-12-11-2-9(5-14(12)16)6-15(16)13(11)4-10/h8-15,17H,2-7H2,1H3. The molecule has 17 heavy (non-hydrogen) atoms. The first-order valence-corrected chi connectivity index (χ1v) is 7.88. The summed E-state index contributed by atoms with van der Waals surface area (Å²) in [7, 11) is 0. The topological polar surface area (TPSA) is 20.2 Å². The molecule has 1 N–H and O–H groups in total. The van der Waals surface area contributed by atoms with Crippen molar-refractivity contribution in [2.24, 2.45) is 46.8 Å². The monoisotopic (exact) mass is 232 g/mol. The molecular formula is C16H24O. The van der Waals surface area contributed by atoms with Gasteiger partial charge in [-0.05, 0) is 86.9 Å². The highest BCUT2D eigenvalue weighted by molar-refractivity contribution is 5.19. The zero-order valence-corrected chi connectivity index (χ0v) is 10.8. The average molecular weight is 232 g/mol. The van der Waals surface area contributed by atoms with Gasteiger partial charge in [-0.1, -0.05) is 0 Å². The predicted molar refractivity (Wildman–Crippen MR) is 66.2 cm³/mol. The van der Waals surface area contributed by atoms with Crippen LogP contribution in [0.4, 0.5) is 0 Å². The van der Waals surface area contributed by atoms with Crippen LogP contribution >= 0.6 is 0 Å². The van der Waals surface area contributed by atoms with E-state index in [4.69, 9.17) is 0 Å². The van der Waals surface area contributed by atoms with Crippen LogP contribution in [0.1, 0.15) is 45.4 Å². The molecule has 0 amide bonds. The van der Waals surface area contributed by atoms with Gasteiger partial charge in [0, 0.05) is 5.41 Å². The number of hydrogen-bond acceptors (Lipinski definition) is 1. The molecule has 0 spiro atoms. The van der Waals surface area contributed by atoms with Crippen molar-refractivity contribution in [1.29, 1.82) is 0 Å². The maximum absolute atomic E-state index is 10.5. The lowest BCUT2D eigenvalue weighted by Gasteiger charge is -2.75. The molecule has 7 rings (SSSR count). The second-order valence-corrected chi connectivity index (χ2v) is 8.11. The Morgan fingerprint density at radius 2 is 1.47 bits per heavy atom. The van der Waals surface area contributed by atoms with E-state index < -0.39 is 0 Å². The molecule has 7 aliphatic rings. The van der Waals surface area contributed by atoms with Crippen molar-refractivity contribution >= 4 is 0 Å². The Bertz CT molecular complexity index is 350. The fourth-order valence-corrected chi connectivity index (χ4v) is 7.82. The van der Waals surface area contributed by atoms with Gasteiger partial charge >= 0.3 is 0 Å². The van der Waals surface area contributed by atoms with Gasteiger partial charge in [-0.15, -0.1) is 0 Å². The first-order valence-electron chi connectivity index (χ1n) is 7.88. The molecule has 0 heterocycles. The Morgan fingerprint density at radius 3 is 2.06 bits per heavy atom. The lowest BCUT2D eigenvalue weighted by atomic mass is 9.30. The van der Waals surface area contributed by atoms with Crippen LogP contribution in [0.3, 0.4) is 0 Å². The van der Waals surface area contributed by atoms with Crippen LogP contribution < -0.4 is 0 Å². The molecule has 7 aliphatic carbocycles. The molecule has 0 aromatic heterocycles. The quantitative estimate of drug-likeness (QED) is 0.736. The second-order valence-electron chi connectivity index (χ2n) is 8.11. The first kappa shape index (κ1) is 9.83. The molecule has 1 heteroatoms. The fourth-order valence-electron chi connectivity index (χ4n) is 7.82. The van der Waals surface area contributed by atoms with Gasteiger partial charge < -0.3 is 5.11 Å². The SMILES string of the molecule is CC(O)C12CC3CC4C5CC(CC41)CC2C5C3. The molecule has 8 bridgehead atoms. The molecule has 0 aromatic carbocycles. The summed E-state index contributed by atoms with van der Waals surface area (Å²) in [6.45, 7) is 2.12. The molecular weight excluding hydrogens is 208 g/mol. The van der Waals surface area contributed by atoms with Gasteiger partial charge in [-0.3, -0.25) is 0 Å². The summed E-state index contributed by atoms with van der Waals surface area (Å²) in [5.74, 6) is 6.99. The zero-order valence-electron chi connectivity index (χ0n) is 10.8. The minimum atomic E-state index is -0.0365. The van der Waals surface area contributed by atoms with E-state index in [-0.39, 0.29) is 6.10 Å². The smallest absolute Gasteiger partial charge is 0.0573 e. The van der Waals surface area contributed by atoms with Crippen LogP contribution in [-0.4, -0.2) is 11.2 Å². The van der Waals surface area contributed by atoms with Gasteiger partial charge in [0.25, 0.3) is 0 Å². The summed E-state index contributed by atoms with van der Waals surface area (Å²) in [6.07, 6.45) is 8.91. The number of aliphatic hydroxyl groups excluding tert-OH is 1. The maximum atomic E-state index is 10.5. The van der Waals surface area contributed by atoms with Crippen molar-refractivity contribution in [3.63, 3.8) is 0 Å². The molecule has 7 fully saturated rings. The van der Waals surface area contributed by atoms with Crippen LogP contribution in [0.2, 0.25) is 0 Å². The Morgan fingerprint density at radius 1 is 0.882 bits per heavy atom. The Balaban J connectivity index is 1.71. The Hall–Kier alpha value is -0.0400. The first-order chi connectivity index (χ1) is 8.20. The van der Waals surface area contributed by atoms with E-state index in [0.717, 1.165) is 41.4 Å². The van der Waals surface area contributed by atoms with E-state index in [1.54, 1.807) is 6.42 Å². The van der Waals surface area contributed by atoms with Crippen molar-refractivity contribution in [3.8, 4) is 0 Å². The molecule has 7 saturated carbocycles. The summed E-state index contributed by atoms with van der Waals surface area (Å²) in [5.41, 5.74) is 0.379. The Kier molecular flexibility index (Phi) is 1.60. The summed E-state index contributed by atoms with van der Waals surface area (Å²) in [6, 6.07) is 0. The number of aliphatic hydroxyl groups is 1. The van der Waals surface area contributed by atoms with Crippen molar-refractivity contribution < 1.29 is 5.11 Å². The van der Waals surface area contributed by atoms with Crippen LogP contribution in [0.5, 0.6) is 0 Å². The number of rotatable bonds is 1. The van der Waals surface area contributed by atoms with E-state index in [1.165, 1.54) is 32.1 Å². The third-order valence-corrected chi connectivity index (χ3v) is 7.93. The summed E-state index contributed by atoms with van der Waals surface area (Å²) in [4.78, 5) is 0. The van der Waals surface area contributed by atoms with Gasteiger partial charge in [0.1, 0.15) is 0 Å². The van der Waals surface area contributed by atoms with Gasteiger partial charge in [0.05, 0.1) is 6.10 Å². The van der Waals surface area contributed by atoms with Crippen molar-refractivity contribution in [3.05, 3.63) is 0 Å². The van der Waals surface area contributed by atoms with E-state index >= 15 is 0 Å². The third-order valence-electron chi connectivity index (χ3n) is 7.93. The van der Waals surface area contributed by atoms with E-state index in [2.05, 4.69) is 6.92 Å². The fraction of sp³-hybridized carbons (Fsp3) is 1.00. The minimum Gasteiger partial charge on any atom is -0.393 e. The molecule has 0 saturated heterocycles. The normalized spacial score (nSPS) is 67.8. The molecule has 0 aromatic rings. The van der Waals surface area contributed by atoms with Crippen molar-refractivity contribution in [2.45, 2.75) is 51.6 Å². The summed E-state index contributed by atoms with van der Waals surface area (Å²) < 4.78 is 0. The summed E-state index contributed by atoms with van der Waals surface area (Å²) in [5, 5.41) is 10.5. The lowest BCUT2D eigenvalue weighted by Crippen LogP contribution is -2.70. The van der Waals surface area contributed by atoms with Crippen LogP contribution in [0.15, 0.2) is 0 Å². The van der Waals surface area contributed by atoms with Crippen molar-refractivity contribution in [2.75, 3.05) is 0 Å². The van der Waals surface area contributed by atoms with Gasteiger partial charge in [0.2, 0.25) is 0 Å². The van der Waals surface area contributed by atoms with E-state index in [1.807, 2.05) is 0 Å². The molecule has 94 valence electrons. The average Bonchev–Trinajstić information content (AvgIpc) is 2.34. The van der Waals surface area contributed by atoms with Gasteiger partial charge in [-0.2, -0.15) is 0 Å². The highest BCUT2D eigenvalue weighted by Crippen LogP contribution is 2.76. The van der Waals surface area contributed by atoms with Gasteiger partial charge in [0.15, 0.2) is 0 Å². The molecule has 0 radical (unpaired) electrons. The van der Waals surface area contributed by atoms with Crippen LogP contribution in [-0.2, 0) is 0 Å². The molecule has 1 nitrogen and oxygen atoms in total. The van der Waals surface area contributed by atoms with Crippen LogP contribution in [0.25, 0.3) is 0 Å². The van der Waals surface area contributed by atoms with E-state index in [9.17, 15) is 5.11 Å². The lowest BCUT2D eigenvalue weighted by molar-refractivity contribution is -0.282. The molecule has 5 atom stereocenters. The minimum absolute atomic E-state index is 0.0365. The predicted octanol–water partition coefficient (Wildman–Crippen LogP) is 3.08. The van der Waals surface area contributed by atoms with Crippen LogP contribution in [0, 0.1) is 46.8 Å². The third kappa shape index (κ3) is 0.895. The summed E-state index contributed by atoms with van der Waals surface area (Å²) >= 11 is 0. The highest BCUT2D eigenvalue weighted by Gasteiger charge is 2.70. The largest absolute Gasteiger partial charge is 0.393 e. The molecule has 5 unspecified atom stereocenters. The number of hydrogen-bond donors (Lipinski definition) is 1. The van der Waals surface area contributed by atoms with Crippen molar-refractivity contribution in [1.82, 2.24) is 0 Å². The van der Waals surface area contributed by atoms with Gasteiger partial charge in [-0.25, -0.2) is 0 Å². The zero-order chi connectivity index (χ0) is 11.4. The Labute approximate surface area is 104 Å². The van der Waals surface area contributed by atoms with E-state index in [0.29, 0.717) is 5.41 Å². The highest BCUT2D eigenvalue weighted by atomic mass is 16.3. The molecule has 0 aliphatic heterocycles.